The van der Waals surface area contributed by atoms with Gasteiger partial charge in [-0.1, -0.05) is 0 Å². The van der Waals surface area contributed by atoms with Gasteiger partial charge in [0.05, 0.1) is 6.61 Å². The van der Waals surface area contributed by atoms with Crippen LogP contribution in [0.5, 0.6) is 0 Å². The Balaban J connectivity index is 1.90. The highest BCUT2D eigenvalue weighted by Gasteiger charge is 2.43. The third-order valence-electron chi connectivity index (χ3n) is 4.23. The first kappa shape index (κ1) is 11.4. The molecule has 0 spiro atoms. The second kappa shape index (κ2) is 4.04. The maximum atomic E-state index is 9.51. The van der Waals surface area contributed by atoms with Crippen LogP contribution in [-0.4, -0.2) is 47.8 Å². The number of rotatable bonds is 4. The maximum absolute atomic E-state index is 9.51. The second-order valence-electron chi connectivity index (χ2n) is 5.72. The quantitative estimate of drug-likeness (QED) is 0.724. The molecule has 88 valence electrons. The van der Waals surface area contributed by atoms with Crippen molar-refractivity contribution >= 4 is 0 Å². The van der Waals surface area contributed by atoms with Gasteiger partial charge < -0.3 is 15.3 Å². The molecule has 0 radical (unpaired) electrons. The van der Waals surface area contributed by atoms with Gasteiger partial charge in [-0.15, -0.1) is 0 Å². The first-order chi connectivity index (χ1) is 7.05. The molecule has 1 saturated heterocycles. The predicted molar refractivity (Wildman–Crippen MR) is 61.8 cm³/mol. The molecule has 3 nitrogen and oxygen atoms in total. The van der Waals surface area contributed by atoms with Crippen molar-refractivity contribution in [3.63, 3.8) is 0 Å². The summed E-state index contributed by atoms with van der Waals surface area (Å²) in [7, 11) is 2.18. The lowest BCUT2D eigenvalue weighted by Crippen LogP contribution is -2.53. The average Bonchev–Trinajstić information content (AvgIpc) is 2.96. The smallest absolute Gasteiger partial charge is 0.0613 e. The summed E-state index contributed by atoms with van der Waals surface area (Å²) in [5.41, 5.74) is -0.0322. The molecule has 0 aromatic carbocycles. The van der Waals surface area contributed by atoms with Crippen LogP contribution in [0.4, 0.5) is 0 Å². The molecule has 3 heteroatoms. The van der Waals surface area contributed by atoms with E-state index < -0.39 is 0 Å². The van der Waals surface area contributed by atoms with Crippen LogP contribution in [0, 0.1) is 5.92 Å². The van der Waals surface area contributed by atoms with E-state index in [9.17, 15) is 5.11 Å². The van der Waals surface area contributed by atoms with E-state index in [0.29, 0.717) is 18.0 Å². The SMILES string of the molecule is CC1CC(NC(C)(CO)C2CC2)CN1C. The number of hydrogen-bond acceptors (Lipinski definition) is 3. The van der Waals surface area contributed by atoms with Gasteiger partial charge in [0, 0.05) is 24.2 Å². The average molecular weight is 212 g/mol. The van der Waals surface area contributed by atoms with Crippen LogP contribution in [0.25, 0.3) is 0 Å². The minimum absolute atomic E-state index is 0.0322. The summed E-state index contributed by atoms with van der Waals surface area (Å²) in [5.74, 6) is 0.698. The van der Waals surface area contributed by atoms with Crippen molar-refractivity contribution in [2.75, 3.05) is 20.2 Å². The zero-order valence-corrected chi connectivity index (χ0v) is 10.2. The Hall–Kier alpha value is -0.120. The summed E-state index contributed by atoms with van der Waals surface area (Å²) in [6.45, 7) is 5.83. The van der Waals surface area contributed by atoms with Crippen molar-refractivity contribution in [1.29, 1.82) is 0 Å². The molecular formula is C12H24N2O. The number of aliphatic hydroxyl groups is 1. The zero-order chi connectivity index (χ0) is 11.1. The van der Waals surface area contributed by atoms with E-state index in [2.05, 4.69) is 31.1 Å². The van der Waals surface area contributed by atoms with E-state index in [0.717, 1.165) is 6.54 Å². The van der Waals surface area contributed by atoms with Crippen LogP contribution in [-0.2, 0) is 0 Å². The summed E-state index contributed by atoms with van der Waals surface area (Å²) in [6, 6.07) is 1.23. The molecule has 1 saturated carbocycles. The minimum Gasteiger partial charge on any atom is -0.394 e. The van der Waals surface area contributed by atoms with E-state index in [-0.39, 0.29) is 12.1 Å². The van der Waals surface area contributed by atoms with Crippen molar-refractivity contribution < 1.29 is 5.11 Å². The summed E-state index contributed by atoms with van der Waals surface area (Å²) < 4.78 is 0. The van der Waals surface area contributed by atoms with Crippen molar-refractivity contribution in [2.24, 2.45) is 5.92 Å². The Labute approximate surface area is 92.8 Å². The fourth-order valence-electron chi connectivity index (χ4n) is 2.78. The number of nitrogens with zero attached hydrogens (tertiary/aromatic N) is 1. The van der Waals surface area contributed by atoms with E-state index >= 15 is 0 Å². The summed E-state index contributed by atoms with van der Waals surface area (Å²) in [5, 5.41) is 13.2. The number of aliphatic hydroxyl groups excluding tert-OH is 1. The molecule has 3 unspecified atom stereocenters. The summed E-state index contributed by atoms with van der Waals surface area (Å²) >= 11 is 0. The summed E-state index contributed by atoms with van der Waals surface area (Å²) in [4.78, 5) is 2.39. The minimum atomic E-state index is -0.0322. The van der Waals surface area contributed by atoms with E-state index in [4.69, 9.17) is 0 Å². The molecule has 2 N–H and O–H groups in total. The molecule has 15 heavy (non-hydrogen) atoms. The number of nitrogens with one attached hydrogen (secondary N) is 1. The largest absolute Gasteiger partial charge is 0.394 e. The Bertz CT molecular complexity index is 220. The van der Waals surface area contributed by atoms with Gasteiger partial charge in [-0.2, -0.15) is 0 Å². The van der Waals surface area contributed by atoms with Crippen LogP contribution >= 0.6 is 0 Å². The van der Waals surface area contributed by atoms with Crippen LogP contribution in [0.15, 0.2) is 0 Å². The van der Waals surface area contributed by atoms with Gasteiger partial charge in [0.15, 0.2) is 0 Å². The maximum Gasteiger partial charge on any atom is 0.0613 e. The van der Waals surface area contributed by atoms with Crippen molar-refractivity contribution in [3.05, 3.63) is 0 Å². The second-order valence-corrected chi connectivity index (χ2v) is 5.72. The van der Waals surface area contributed by atoms with Gasteiger partial charge in [0.25, 0.3) is 0 Å². The number of hydrogen-bond donors (Lipinski definition) is 2. The van der Waals surface area contributed by atoms with E-state index in [1.165, 1.54) is 19.3 Å². The van der Waals surface area contributed by atoms with Crippen LogP contribution < -0.4 is 5.32 Å². The third kappa shape index (κ3) is 2.35. The Morgan fingerprint density at radius 1 is 1.47 bits per heavy atom. The van der Waals surface area contributed by atoms with E-state index in [1.807, 2.05) is 0 Å². The van der Waals surface area contributed by atoms with Crippen LogP contribution in [0.2, 0.25) is 0 Å². The van der Waals surface area contributed by atoms with Gasteiger partial charge in [-0.3, -0.25) is 0 Å². The van der Waals surface area contributed by atoms with Crippen LogP contribution in [0.3, 0.4) is 0 Å². The molecule has 1 aliphatic heterocycles. The molecule has 0 amide bonds. The Morgan fingerprint density at radius 3 is 2.53 bits per heavy atom. The molecular weight excluding hydrogens is 188 g/mol. The highest BCUT2D eigenvalue weighted by atomic mass is 16.3. The van der Waals surface area contributed by atoms with E-state index in [1.54, 1.807) is 0 Å². The molecule has 0 aromatic rings. The van der Waals surface area contributed by atoms with Crippen molar-refractivity contribution in [3.8, 4) is 0 Å². The normalized spacial score (nSPS) is 36.8. The molecule has 0 aromatic heterocycles. The van der Waals surface area contributed by atoms with Gasteiger partial charge >= 0.3 is 0 Å². The zero-order valence-electron chi connectivity index (χ0n) is 10.2. The van der Waals surface area contributed by atoms with Gasteiger partial charge in [-0.05, 0) is 46.1 Å². The standard InChI is InChI=1S/C12H24N2O/c1-9-6-11(7-14(9)3)13-12(2,8-15)10-4-5-10/h9-11,13,15H,4-8H2,1-3H3. The highest BCUT2D eigenvalue weighted by Crippen LogP contribution is 2.40. The fraction of sp³-hybridized carbons (Fsp3) is 1.00. The molecule has 0 bridgehead atoms. The van der Waals surface area contributed by atoms with Gasteiger partial charge in [-0.25, -0.2) is 0 Å². The third-order valence-corrected chi connectivity index (χ3v) is 4.23. The van der Waals surface area contributed by atoms with Gasteiger partial charge in [0.2, 0.25) is 0 Å². The molecule has 2 rings (SSSR count). The van der Waals surface area contributed by atoms with Crippen molar-refractivity contribution in [2.45, 2.75) is 50.7 Å². The lowest BCUT2D eigenvalue weighted by atomic mass is 9.95. The molecule has 3 atom stereocenters. The highest BCUT2D eigenvalue weighted by molar-refractivity contribution is 5.01. The first-order valence-corrected chi connectivity index (χ1v) is 6.14. The topological polar surface area (TPSA) is 35.5 Å². The van der Waals surface area contributed by atoms with Crippen LogP contribution in [0.1, 0.15) is 33.1 Å². The summed E-state index contributed by atoms with van der Waals surface area (Å²) in [6.07, 6.45) is 3.77. The van der Waals surface area contributed by atoms with Gasteiger partial charge in [0.1, 0.15) is 0 Å². The molecule has 1 heterocycles. The lowest BCUT2D eigenvalue weighted by Gasteiger charge is -2.32. The van der Waals surface area contributed by atoms with Crippen molar-refractivity contribution in [1.82, 2.24) is 10.2 Å². The fourth-order valence-corrected chi connectivity index (χ4v) is 2.78. The number of likely N-dealkylation sites (tertiary alicyclic amines) is 1. The molecule has 1 aliphatic carbocycles. The first-order valence-electron chi connectivity index (χ1n) is 6.14. The predicted octanol–water partition coefficient (Wildman–Crippen LogP) is 0.830. The number of likely N-dealkylation sites (N-methyl/N-ethyl adjacent to an activating group) is 1. The lowest BCUT2D eigenvalue weighted by molar-refractivity contribution is 0.142. The Morgan fingerprint density at radius 2 is 2.13 bits per heavy atom. The monoisotopic (exact) mass is 212 g/mol. The molecule has 2 fully saturated rings. The Kier molecular flexibility index (Phi) is 3.06. The molecule has 2 aliphatic rings.